The first-order valence-corrected chi connectivity index (χ1v) is 7.90. The predicted octanol–water partition coefficient (Wildman–Crippen LogP) is 2.17. The molecule has 0 bridgehead atoms. The van der Waals surface area contributed by atoms with Crippen molar-refractivity contribution in [1.82, 2.24) is 14.7 Å². The number of carbonyl (C=O) groups excluding carboxylic acids is 1. The molecule has 1 aromatic heterocycles. The largest absolute Gasteiger partial charge is 0.342 e. The Bertz CT molecular complexity index is 518. The summed E-state index contributed by atoms with van der Waals surface area (Å²) in [5.41, 5.74) is 1.23. The summed E-state index contributed by atoms with van der Waals surface area (Å²) in [6.45, 7) is 0. The van der Waals surface area contributed by atoms with Crippen LogP contribution in [0.1, 0.15) is 43.6 Å². The first kappa shape index (κ1) is 12.4. The zero-order valence-electron chi connectivity index (χ0n) is 12.3. The molecule has 4 heteroatoms. The molecule has 0 spiro atoms. The molecule has 3 aliphatic rings. The molecular weight excluding hydrogens is 250 g/mol. The van der Waals surface area contributed by atoms with Crippen LogP contribution in [0, 0.1) is 17.8 Å². The van der Waals surface area contributed by atoms with Gasteiger partial charge in [-0.2, -0.15) is 5.10 Å². The Morgan fingerprint density at radius 1 is 1.35 bits per heavy atom. The standard InChI is InChI=1S/C16H23N3O/c1-18-9-12(8-17-18)13-7-14(13)16(20)19(2)15(10-3-4-10)11-5-6-11/h8-11,13-15H,3-7H2,1-2H3/t13-,14+/m0/s1. The van der Waals surface area contributed by atoms with Crippen molar-refractivity contribution in [2.75, 3.05) is 7.05 Å². The predicted molar refractivity (Wildman–Crippen MR) is 76.1 cm³/mol. The first-order valence-electron chi connectivity index (χ1n) is 7.90. The van der Waals surface area contributed by atoms with Gasteiger partial charge >= 0.3 is 0 Å². The van der Waals surface area contributed by atoms with Gasteiger partial charge in [0.1, 0.15) is 0 Å². The average molecular weight is 273 g/mol. The summed E-state index contributed by atoms with van der Waals surface area (Å²) in [6, 6.07) is 0.539. The number of nitrogens with zero attached hydrogens (tertiary/aromatic N) is 3. The lowest BCUT2D eigenvalue weighted by atomic mass is 10.0. The van der Waals surface area contributed by atoms with Gasteiger partial charge in [-0.1, -0.05) is 0 Å². The average Bonchev–Trinajstić information content (AvgIpc) is 3.30. The highest BCUT2D eigenvalue weighted by molar-refractivity contribution is 5.83. The molecule has 1 heterocycles. The van der Waals surface area contributed by atoms with Gasteiger partial charge in [0.25, 0.3) is 0 Å². The Hall–Kier alpha value is -1.32. The minimum atomic E-state index is 0.212. The van der Waals surface area contributed by atoms with Gasteiger partial charge in [0.2, 0.25) is 5.91 Å². The van der Waals surface area contributed by atoms with Crippen molar-refractivity contribution in [1.29, 1.82) is 0 Å². The van der Waals surface area contributed by atoms with Crippen LogP contribution in [0.4, 0.5) is 0 Å². The number of carbonyl (C=O) groups is 1. The van der Waals surface area contributed by atoms with Crippen LogP contribution >= 0.6 is 0 Å². The summed E-state index contributed by atoms with van der Waals surface area (Å²) in [5, 5.41) is 4.22. The molecule has 1 amide bonds. The van der Waals surface area contributed by atoms with Gasteiger partial charge in [0.05, 0.1) is 6.20 Å². The van der Waals surface area contributed by atoms with Crippen molar-refractivity contribution >= 4 is 5.91 Å². The monoisotopic (exact) mass is 273 g/mol. The van der Waals surface area contributed by atoms with E-state index >= 15 is 0 Å². The SMILES string of the molecule is CN(C(=O)[C@@H]1C[C@H]1c1cnn(C)c1)C(C1CC1)C1CC1. The number of amides is 1. The lowest BCUT2D eigenvalue weighted by Crippen LogP contribution is -2.41. The molecule has 0 saturated heterocycles. The minimum absolute atomic E-state index is 0.212. The van der Waals surface area contributed by atoms with Crippen molar-refractivity contribution in [3.8, 4) is 0 Å². The van der Waals surface area contributed by atoms with E-state index in [-0.39, 0.29) is 5.92 Å². The van der Waals surface area contributed by atoms with Crippen LogP contribution in [0.5, 0.6) is 0 Å². The van der Waals surface area contributed by atoms with Crippen LogP contribution in [-0.4, -0.2) is 33.7 Å². The number of rotatable bonds is 5. The molecule has 3 fully saturated rings. The van der Waals surface area contributed by atoms with Gasteiger partial charge in [-0.25, -0.2) is 0 Å². The summed E-state index contributed by atoms with van der Waals surface area (Å²) in [5.74, 6) is 2.60. The van der Waals surface area contributed by atoms with E-state index in [0.29, 0.717) is 17.9 Å². The Kier molecular flexibility index (Phi) is 2.69. The lowest BCUT2D eigenvalue weighted by Gasteiger charge is -2.28. The fraction of sp³-hybridized carbons (Fsp3) is 0.750. The van der Waals surface area contributed by atoms with Gasteiger partial charge in [-0.15, -0.1) is 0 Å². The zero-order chi connectivity index (χ0) is 13.9. The van der Waals surface area contributed by atoms with Gasteiger partial charge in [-0.3, -0.25) is 9.48 Å². The molecule has 2 atom stereocenters. The van der Waals surface area contributed by atoms with E-state index in [2.05, 4.69) is 16.2 Å². The van der Waals surface area contributed by atoms with Crippen molar-refractivity contribution in [2.45, 2.75) is 44.1 Å². The van der Waals surface area contributed by atoms with Crippen molar-refractivity contribution in [2.24, 2.45) is 24.8 Å². The van der Waals surface area contributed by atoms with Crippen LogP contribution in [-0.2, 0) is 11.8 Å². The van der Waals surface area contributed by atoms with Crippen molar-refractivity contribution in [3.05, 3.63) is 18.0 Å². The van der Waals surface area contributed by atoms with Crippen LogP contribution in [0.25, 0.3) is 0 Å². The smallest absolute Gasteiger partial charge is 0.226 e. The third-order valence-electron chi connectivity index (χ3n) is 5.27. The van der Waals surface area contributed by atoms with Crippen LogP contribution in [0.3, 0.4) is 0 Å². The molecule has 4 nitrogen and oxygen atoms in total. The topological polar surface area (TPSA) is 38.1 Å². The quantitative estimate of drug-likeness (QED) is 0.824. The lowest BCUT2D eigenvalue weighted by molar-refractivity contribution is -0.134. The van der Waals surface area contributed by atoms with Gasteiger partial charge in [-0.05, 0) is 55.4 Å². The molecule has 0 aromatic carbocycles. The van der Waals surface area contributed by atoms with Gasteiger partial charge in [0, 0.05) is 32.3 Å². The highest BCUT2D eigenvalue weighted by atomic mass is 16.2. The third-order valence-corrected chi connectivity index (χ3v) is 5.27. The fourth-order valence-corrected chi connectivity index (χ4v) is 3.77. The Morgan fingerprint density at radius 2 is 2.00 bits per heavy atom. The summed E-state index contributed by atoms with van der Waals surface area (Å²) >= 11 is 0. The number of aryl methyl sites for hydroxylation is 1. The third kappa shape index (κ3) is 2.15. The molecule has 20 heavy (non-hydrogen) atoms. The van der Waals surface area contributed by atoms with Crippen LogP contribution < -0.4 is 0 Å². The summed E-state index contributed by atoms with van der Waals surface area (Å²) in [4.78, 5) is 14.8. The molecule has 0 unspecified atom stereocenters. The molecule has 4 rings (SSSR count). The first-order chi connectivity index (χ1) is 9.65. The van der Waals surface area contributed by atoms with Gasteiger partial charge < -0.3 is 4.90 Å². The van der Waals surface area contributed by atoms with Crippen molar-refractivity contribution in [3.63, 3.8) is 0 Å². The Morgan fingerprint density at radius 3 is 2.50 bits per heavy atom. The second kappa shape index (κ2) is 4.34. The maximum absolute atomic E-state index is 12.7. The molecular formula is C16H23N3O. The number of hydrogen-bond acceptors (Lipinski definition) is 2. The highest BCUT2D eigenvalue weighted by Crippen LogP contribution is 2.51. The molecule has 0 radical (unpaired) electrons. The van der Waals surface area contributed by atoms with E-state index in [1.54, 1.807) is 0 Å². The highest BCUT2D eigenvalue weighted by Gasteiger charge is 2.50. The second-order valence-electron chi connectivity index (χ2n) is 7.01. The fourth-order valence-electron chi connectivity index (χ4n) is 3.77. The molecule has 1 aromatic rings. The molecule has 108 valence electrons. The Balaban J connectivity index is 1.42. The normalized spacial score (nSPS) is 28.8. The van der Waals surface area contributed by atoms with Gasteiger partial charge in [0.15, 0.2) is 0 Å². The van der Waals surface area contributed by atoms with E-state index in [1.165, 1.54) is 31.2 Å². The van der Waals surface area contributed by atoms with E-state index in [0.717, 1.165) is 18.3 Å². The maximum atomic E-state index is 12.7. The molecule has 3 aliphatic carbocycles. The van der Waals surface area contributed by atoms with E-state index in [1.807, 2.05) is 25.0 Å². The van der Waals surface area contributed by atoms with E-state index < -0.39 is 0 Å². The summed E-state index contributed by atoms with van der Waals surface area (Å²) < 4.78 is 1.83. The van der Waals surface area contributed by atoms with E-state index in [4.69, 9.17) is 0 Å². The van der Waals surface area contributed by atoms with E-state index in [9.17, 15) is 4.79 Å². The Labute approximate surface area is 120 Å². The van der Waals surface area contributed by atoms with Crippen molar-refractivity contribution < 1.29 is 4.79 Å². The van der Waals surface area contributed by atoms with Crippen LogP contribution in [0.15, 0.2) is 12.4 Å². The maximum Gasteiger partial charge on any atom is 0.226 e. The van der Waals surface area contributed by atoms with Crippen LogP contribution in [0.2, 0.25) is 0 Å². The molecule has 0 aliphatic heterocycles. The minimum Gasteiger partial charge on any atom is -0.342 e. The molecule has 0 N–H and O–H groups in total. The number of aromatic nitrogens is 2. The molecule has 3 saturated carbocycles. The summed E-state index contributed by atoms with van der Waals surface area (Å²) in [6.07, 6.45) is 10.3. The zero-order valence-corrected chi connectivity index (χ0v) is 12.3. The second-order valence-corrected chi connectivity index (χ2v) is 7.01. The number of hydrogen-bond donors (Lipinski definition) is 0. The summed E-state index contributed by atoms with van der Waals surface area (Å²) in [7, 11) is 3.98.